The van der Waals surface area contributed by atoms with E-state index in [2.05, 4.69) is 33.0 Å². The topological polar surface area (TPSA) is 29.1 Å². The van der Waals surface area contributed by atoms with Crippen LogP contribution in [0.25, 0.3) is 0 Å². The molecule has 0 spiro atoms. The van der Waals surface area contributed by atoms with Crippen LogP contribution in [0.15, 0.2) is 0 Å². The van der Waals surface area contributed by atoms with Gasteiger partial charge in [-0.3, -0.25) is 0 Å². The number of piperidine rings is 1. The van der Waals surface area contributed by atoms with Crippen molar-refractivity contribution in [2.45, 2.75) is 34.1 Å². The summed E-state index contributed by atoms with van der Waals surface area (Å²) in [5, 5.41) is 3.44. The Bertz CT molecular complexity index is 180. The van der Waals surface area contributed by atoms with Gasteiger partial charge in [-0.1, -0.05) is 27.7 Å². The normalized spacial score (nSPS) is 27.1. The van der Waals surface area contributed by atoms with Gasteiger partial charge in [0.15, 0.2) is 0 Å². The van der Waals surface area contributed by atoms with Crippen molar-refractivity contribution in [3.05, 3.63) is 0 Å². The summed E-state index contributed by atoms with van der Waals surface area (Å²) in [5.74, 6) is 0.499. The van der Waals surface area contributed by atoms with Crippen molar-refractivity contribution < 1.29 is 4.79 Å². The average Bonchev–Trinajstić information content (AvgIpc) is 1.96. The second-order valence-corrected chi connectivity index (χ2v) is 5.54. The fourth-order valence-electron chi connectivity index (χ4n) is 2.75. The summed E-state index contributed by atoms with van der Waals surface area (Å²) >= 11 is 0. The third kappa shape index (κ3) is 2.11. The molecule has 1 aliphatic rings. The highest BCUT2D eigenvalue weighted by Crippen LogP contribution is 2.44. The van der Waals surface area contributed by atoms with Crippen molar-refractivity contribution in [1.29, 1.82) is 0 Å². The van der Waals surface area contributed by atoms with Gasteiger partial charge in [0.2, 0.25) is 0 Å². The Kier molecular flexibility index (Phi) is 2.81. The maximum Gasteiger partial charge on any atom is 0.120 e. The molecule has 0 bridgehead atoms. The largest absolute Gasteiger partial charge is 0.316 e. The molecule has 76 valence electrons. The van der Waals surface area contributed by atoms with Gasteiger partial charge in [0.25, 0.3) is 0 Å². The molecule has 2 nitrogen and oxygen atoms in total. The van der Waals surface area contributed by atoms with E-state index in [-0.39, 0.29) is 10.8 Å². The Morgan fingerprint density at radius 2 is 1.69 bits per heavy atom. The summed E-state index contributed by atoms with van der Waals surface area (Å²) < 4.78 is 0. The van der Waals surface area contributed by atoms with E-state index in [1.54, 1.807) is 0 Å². The van der Waals surface area contributed by atoms with Gasteiger partial charge in [-0.25, -0.2) is 0 Å². The predicted molar refractivity (Wildman–Crippen MR) is 54.6 cm³/mol. The van der Waals surface area contributed by atoms with Crippen molar-refractivity contribution in [3.63, 3.8) is 0 Å². The fourth-order valence-corrected chi connectivity index (χ4v) is 2.75. The molecule has 1 heterocycles. The van der Waals surface area contributed by atoms with Crippen LogP contribution in [0, 0.1) is 16.7 Å². The first-order chi connectivity index (χ1) is 5.90. The molecule has 1 saturated heterocycles. The highest BCUT2D eigenvalue weighted by Gasteiger charge is 2.43. The zero-order valence-electron chi connectivity index (χ0n) is 9.18. The first-order valence-electron chi connectivity index (χ1n) is 5.04. The SMILES string of the molecule is CC1(C)CNCC(C)(C)C1CC=O. The Hall–Kier alpha value is -0.370. The maximum atomic E-state index is 10.6. The smallest absolute Gasteiger partial charge is 0.120 e. The molecule has 0 aromatic heterocycles. The summed E-state index contributed by atoms with van der Waals surface area (Å²) in [5.41, 5.74) is 0.478. The monoisotopic (exact) mass is 183 g/mol. The first kappa shape index (κ1) is 10.7. The van der Waals surface area contributed by atoms with Crippen LogP contribution in [0.3, 0.4) is 0 Å². The molecule has 0 unspecified atom stereocenters. The second-order valence-electron chi connectivity index (χ2n) is 5.54. The summed E-state index contributed by atoms with van der Waals surface area (Å²) in [6, 6.07) is 0. The average molecular weight is 183 g/mol. The molecule has 0 aromatic carbocycles. The third-order valence-electron chi connectivity index (χ3n) is 3.38. The Labute approximate surface area is 81.1 Å². The standard InChI is InChI=1S/C11H21NO/c1-10(2)7-12-8-11(3,4)9(10)5-6-13/h6,9,12H,5,7-8H2,1-4H3. The van der Waals surface area contributed by atoms with Gasteiger partial charge in [0.1, 0.15) is 6.29 Å². The number of hydrogen-bond donors (Lipinski definition) is 1. The highest BCUT2D eigenvalue weighted by molar-refractivity contribution is 5.50. The van der Waals surface area contributed by atoms with Crippen LogP contribution >= 0.6 is 0 Å². The van der Waals surface area contributed by atoms with E-state index in [9.17, 15) is 4.79 Å². The molecule has 1 fully saturated rings. The van der Waals surface area contributed by atoms with Crippen molar-refractivity contribution in [1.82, 2.24) is 5.32 Å². The van der Waals surface area contributed by atoms with Gasteiger partial charge >= 0.3 is 0 Å². The number of carbonyl (C=O) groups excluding carboxylic acids is 1. The van der Waals surface area contributed by atoms with Crippen LogP contribution in [0.4, 0.5) is 0 Å². The van der Waals surface area contributed by atoms with E-state index in [1.165, 1.54) is 0 Å². The molecule has 1 aliphatic heterocycles. The molecule has 1 rings (SSSR count). The van der Waals surface area contributed by atoms with Crippen molar-refractivity contribution in [3.8, 4) is 0 Å². The van der Waals surface area contributed by atoms with Crippen LogP contribution in [0.2, 0.25) is 0 Å². The zero-order valence-corrected chi connectivity index (χ0v) is 9.18. The van der Waals surface area contributed by atoms with Crippen LogP contribution in [0.1, 0.15) is 34.1 Å². The van der Waals surface area contributed by atoms with Gasteiger partial charge in [-0.2, -0.15) is 0 Å². The molecule has 0 aromatic rings. The number of carbonyl (C=O) groups is 1. The molecule has 0 atom stereocenters. The Morgan fingerprint density at radius 3 is 2.08 bits per heavy atom. The Balaban J connectivity index is 2.83. The Morgan fingerprint density at radius 1 is 1.23 bits per heavy atom. The molecular weight excluding hydrogens is 162 g/mol. The van der Waals surface area contributed by atoms with Crippen molar-refractivity contribution in [2.75, 3.05) is 13.1 Å². The lowest BCUT2D eigenvalue weighted by atomic mass is 9.61. The molecule has 2 heteroatoms. The van der Waals surface area contributed by atoms with E-state index >= 15 is 0 Å². The molecule has 1 N–H and O–H groups in total. The molecule has 0 radical (unpaired) electrons. The molecule has 13 heavy (non-hydrogen) atoms. The first-order valence-corrected chi connectivity index (χ1v) is 5.04. The molecule has 0 saturated carbocycles. The van der Waals surface area contributed by atoms with E-state index in [0.29, 0.717) is 12.3 Å². The van der Waals surface area contributed by atoms with Gasteiger partial charge in [0, 0.05) is 19.5 Å². The van der Waals surface area contributed by atoms with Gasteiger partial charge in [-0.15, -0.1) is 0 Å². The lowest BCUT2D eigenvalue weighted by Gasteiger charge is -2.49. The minimum absolute atomic E-state index is 0.239. The number of hydrogen-bond acceptors (Lipinski definition) is 2. The lowest BCUT2D eigenvalue weighted by Crippen LogP contribution is -2.53. The summed E-state index contributed by atoms with van der Waals surface area (Å²) in [6.07, 6.45) is 1.77. The van der Waals surface area contributed by atoms with Crippen molar-refractivity contribution >= 4 is 6.29 Å². The van der Waals surface area contributed by atoms with Gasteiger partial charge < -0.3 is 10.1 Å². The van der Waals surface area contributed by atoms with Crippen molar-refractivity contribution in [2.24, 2.45) is 16.7 Å². The summed E-state index contributed by atoms with van der Waals surface area (Å²) in [4.78, 5) is 10.6. The maximum absolute atomic E-state index is 10.6. The van der Waals surface area contributed by atoms with E-state index < -0.39 is 0 Å². The van der Waals surface area contributed by atoms with E-state index in [4.69, 9.17) is 0 Å². The van der Waals surface area contributed by atoms with Crippen LogP contribution < -0.4 is 5.32 Å². The predicted octanol–water partition coefficient (Wildman–Crippen LogP) is 1.85. The van der Waals surface area contributed by atoms with Gasteiger partial charge in [-0.05, 0) is 16.7 Å². The minimum Gasteiger partial charge on any atom is -0.316 e. The minimum atomic E-state index is 0.239. The summed E-state index contributed by atoms with van der Waals surface area (Å²) in [6.45, 7) is 11.0. The fraction of sp³-hybridized carbons (Fsp3) is 0.909. The third-order valence-corrected chi connectivity index (χ3v) is 3.38. The van der Waals surface area contributed by atoms with Crippen LogP contribution in [-0.4, -0.2) is 19.4 Å². The summed E-state index contributed by atoms with van der Waals surface area (Å²) in [7, 11) is 0. The molecule has 0 amide bonds. The quantitative estimate of drug-likeness (QED) is 0.662. The van der Waals surface area contributed by atoms with Gasteiger partial charge in [0.05, 0.1) is 0 Å². The molecular formula is C11H21NO. The van der Waals surface area contributed by atoms with E-state index in [0.717, 1.165) is 19.4 Å². The number of nitrogens with one attached hydrogen (secondary N) is 1. The molecule has 0 aliphatic carbocycles. The number of rotatable bonds is 2. The van der Waals surface area contributed by atoms with E-state index in [1.807, 2.05) is 0 Å². The van der Waals surface area contributed by atoms with Crippen LogP contribution in [-0.2, 0) is 4.79 Å². The van der Waals surface area contributed by atoms with Crippen LogP contribution in [0.5, 0.6) is 0 Å². The lowest BCUT2D eigenvalue weighted by molar-refractivity contribution is -0.111. The second kappa shape index (κ2) is 3.41. The highest BCUT2D eigenvalue weighted by atomic mass is 16.1. The zero-order chi connectivity index (χ0) is 10.1. The number of aldehydes is 1.